The number of morpholine rings is 1. The normalized spacial score (nSPS) is 17.9. The van der Waals surface area contributed by atoms with Gasteiger partial charge in [-0.15, -0.1) is 11.3 Å². The maximum Gasteiger partial charge on any atom is 0.282 e. The molecule has 1 aromatic carbocycles. The second kappa shape index (κ2) is 7.17. The van der Waals surface area contributed by atoms with Crippen LogP contribution in [0.5, 0.6) is 0 Å². The fourth-order valence-corrected chi connectivity index (χ4v) is 4.14. The highest BCUT2D eigenvalue weighted by molar-refractivity contribution is 7.11. The summed E-state index contributed by atoms with van der Waals surface area (Å²) in [4.78, 5) is 32.6. The number of hydrogen-bond acceptors (Lipinski definition) is 6. The summed E-state index contributed by atoms with van der Waals surface area (Å²) in [6.45, 7) is 2.33. The minimum Gasteiger partial charge on any atom is -0.378 e. The SMILES string of the molecule is CN(C)c1ccc(N2C(=O)C(c3cccs3)=C(N3CCOCC3)C2=O)cc1. The molecule has 140 valence electrons. The van der Waals surface area contributed by atoms with Crippen LogP contribution >= 0.6 is 11.3 Å². The molecule has 0 unspecified atom stereocenters. The summed E-state index contributed by atoms with van der Waals surface area (Å²) in [7, 11) is 3.91. The van der Waals surface area contributed by atoms with Crippen LogP contribution in [0.4, 0.5) is 11.4 Å². The van der Waals surface area contributed by atoms with Crippen LogP contribution < -0.4 is 9.80 Å². The van der Waals surface area contributed by atoms with Gasteiger partial charge in [0, 0.05) is 37.7 Å². The maximum absolute atomic E-state index is 13.3. The van der Waals surface area contributed by atoms with E-state index < -0.39 is 0 Å². The van der Waals surface area contributed by atoms with Crippen molar-refractivity contribution in [1.82, 2.24) is 4.90 Å². The average Bonchev–Trinajstić information content (AvgIpc) is 3.29. The number of hydrogen-bond donors (Lipinski definition) is 0. The van der Waals surface area contributed by atoms with Gasteiger partial charge >= 0.3 is 0 Å². The van der Waals surface area contributed by atoms with E-state index in [0.717, 1.165) is 10.6 Å². The number of carbonyl (C=O) groups is 2. The minimum absolute atomic E-state index is 0.261. The molecule has 6 nitrogen and oxygen atoms in total. The van der Waals surface area contributed by atoms with E-state index in [9.17, 15) is 9.59 Å². The van der Waals surface area contributed by atoms with E-state index in [1.165, 1.54) is 16.2 Å². The minimum atomic E-state index is -0.262. The van der Waals surface area contributed by atoms with Crippen molar-refractivity contribution < 1.29 is 14.3 Å². The summed E-state index contributed by atoms with van der Waals surface area (Å²) in [5.41, 5.74) is 2.58. The van der Waals surface area contributed by atoms with Gasteiger partial charge in [0.05, 0.1) is 24.5 Å². The van der Waals surface area contributed by atoms with Crippen LogP contribution in [0.1, 0.15) is 4.88 Å². The van der Waals surface area contributed by atoms with E-state index in [1.54, 1.807) is 0 Å². The van der Waals surface area contributed by atoms with Crippen molar-refractivity contribution in [2.24, 2.45) is 0 Å². The Morgan fingerprint density at radius 3 is 2.30 bits per heavy atom. The van der Waals surface area contributed by atoms with Crippen molar-refractivity contribution in [3.63, 3.8) is 0 Å². The summed E-state index contributed by atoms with van der Waals surface area (Å²) < 4.78 is 5.42. The summed E-state index contributed by atoms with van der Waals surface area (Å²) in [5.74, 6) is -0.524. The van der Waals surface area contributed by atoms with Gasteiger partial charge in [0.25, 0.3) is 11.8 Å². The summed E-state index contributed by atoms with van der Waals surface area (Å²) in [6, 6.07) is 11.3. The molecule has 0 N–H and O–H groups in total. The number of benzene rings is 1. The second-order valence-electron chi connectivity index (χ2n) is 6.66. The number of thiophene rings is 1. The van der Waals surface area contributed by atoms with Crippen LogP contribution in [-0.2, 0) is 14.3 Å². The lowest BCUT2D eigenvalue weighted by Crippen LogP contribution is -2.40. The number of nitrogens with zero attached hydrogens (tertiary/aromatic N) is 3. The van der Waals surface area contributed by atoms with Gasteiger partial charge in [-0.3, -0.25) is 9.59 Å². The van der Waals surface area contributed by atoms with Crippen LogP contribution in [-0.4, -0.2) is 57.1 Å². The molecule has 0 bridgehead atoms. The zero-order chi connectivity index (χ0) is 19.0. The first-order chi connectivity index (χ1) is 13.1. The van der Waals surface area contributed by atoms with E-state index in [4.69, 9.17) is 4.74 Å². The Morgan fingerprint density at radius 1 is 1.00 bits per heavy atom. The fourth-order valence-electron chi connectivity index (χ4n) is 3.38. The molecule has 3 heterocycles. The van der Waals surface area contributed by atoms with Crippen molar-refractivity contribution in [3.8, 4) is 0 Å². The van der Waals surface area contributed by atoms with Gasteiger partial charge in [-0.2, -0.15) is 0 Å². The van der Waals surface area contributed by atoms with Gasteiger partial charge < -0.3 is 14.5 Å². The zero-order valence-corrected chi connectivity index (χ0v) is 16.2. The van der Waals surface area contributed by atoms with Crippen molar-refractivity contribution in [1.29, 1.82) is 0 Å². The predicted molar refractivity (Wildman–Crippen MR) is 107 cm³/mol. The van der Waals surface area contributed by atoms with Crippen LogP contribution in [0.3, 0.4) is 0 Å². The zero-order valence-electron chi connectivity index (χ0n) is 15.3. The van der Waals surface area contributed by atoms with Crippen molar-refractivity contribution in [3.05, 3.63) is 52.4 Å². The van der Waals surface area contributed by atoms with Gasteiger partial charge in [-0.05, 0) is 35.7 Å². The molecule has 0 saturated carbocycles. The van der Waals surface area contributed by atoms with Gasteiger partial charge in [-0.1, -0.05) is 6.07 Å². The number of rotatable bonds is 4. The standard InChI is InChI=1S/C20H21N3O3S/c1-21(2)14-5-7-15(8-6-14)23-19(24)17(16-4-3-13-27-16)18(20(23)25)22-9-11-26-12-10-22/h3-8,13H,9-12H2,1-2H3. The molecule has 2 amide bonds. The molecule has 2 aliphatic heterocycles. The molecule has 1 aromatic heterocycles. The van der Waals surface area contributed by atoms with E-state index >= 15 is 0 Å². The van der Waals surface area contributed by atoms with Crippen LogP contribution in [0.15, 0.2) is 47.5 Å². The molecular weight excluding hydrogens is 362 g/mol. The third-order valence-corrected chi connectivity index (χ3v) is 5.67. The first kappa shape index (κ1) is 17.8. The lowest BCUT2D eigenvalue weighted by Gasteiger charge is -2.29. The highest BCUT2D eigenvalue weighted by Crippen LogP contribution is 2.37. The van der Waals surface area contributed by atoms with E-state index in [0.29, 0.717) is 43.3 Å². The van der Waals surface area contributed by atoms with Gasteiger partial charge in [0.15, 0.2) is 0 Å². The Morgan fingerprint density at radius 2 is 1.70 bits per heavy atom. The smallest absolute Gasteiger partial charge is 0.282 e. The van der Waals surface area contributed by atoms with E-state index in [-0.39, 0.29) is 11.8 Å². The Balaban J connectivity index is 1.75. The molecule has 0 spiro atoms. The summed E-state index contributed by atoms with van der Waals surface area (Å²) in [6.07, 6.45) is 0. The van der Waals surface area contributed by atoms with Crippen LogP contribution in [0.2, 0.25) is 0 Å². The molecule has 1 fully saturated rings. The molecule has 0 atom stereocenters. The lowest BCUT2D eigenvalue weighted by atomic mass is 10.1. The Hall–Kier alpha value is -2.64. The van der Waals surface area contributed by atoms with Gasteiger partial charge in [-0.25, -0.2) is 4.90 Å². The lowest BCUT2D eigenvalue weighted by molar-refractivity contribution is -0.121. The van der Waals surface area contributed by atoms with Crippen LogP contribution in [0, 0.1) is 0 Å². The monoisotopic (exact) mass is 383 g/mol. The van der Waals surface area contributed by atoms with Crippen molar-refractivity contribution in [2.75, 3.05) is 50.2 Å². The Bertz CT molecular complexity index is 882. The molecule has 7 heteroatoms. The maximum atomic E-state index is 13.3. The molecule has 0 radical (unpaired) electrons. The largest absolute Gasteiger partial charge is 0.378 e. The van der Waals surface area contributed by atoms with Crippen molar-refractivity contribution in [2.45, 2.75) is 0 Å². The quantitative estimate of drug-likeness (QED) is 0.759. The fraction of sp³-hybridized carbons (Fsp3) is 0.300. The number of amides is 2. The topological polar surface area (TPSA) is 53.1 Å². The average molecular weight is 383 g/mol. The highest BCUT2D eigenvalue weighted by Gasteiger charge is 2.43. The molecule has 4 rings (SSSR count). The van der Waals surface area contributed by atoms with Gasteiger partial charge in [0.1, 0.15) is 5.70 Å². The van der Waals surface area contributed by atoms with E-state index in [2.05, 4.69) is 0 Å². The molecule has 27 heavy (non-hydrogen) atoms. The number of ether oxygens (including phenoxy) is 1. The number of imide groups is 1. The highest BCUT2D eigenvalue weighted by atomic mass is 32.1. The Labute approximate surface area is 162 Å². The molecule has 1 saturated heterocycles. The van der Waals surface area contributed by atoms with Crippen LogP contribution in [0.25, 0.3) is 5.57 Å². The first-order valence-electron chi connectivity index (χ1n) is 8.85. The number of anilines is 2. The predicted octanol–water partition coefficient (Wildman–Crippen LogP) is 2.43. The first-order valence-corrected chi connectivity index (χ1v) is 9.73. The second-order valence-corrected chi connectivity index (χ2v) is 7.60. The van der Waals surface area contributed by atoms with E-state index in [1.807, 2.05) is 65.7 Å². The summed E-state index contributed by atoms with van der Waals surface area (Å²) >= 11 is 1.48. The van der Waals surface area contributed by atoms with Crippen molar-refractivity contribution >= 4 is 40.1 Å². The van der Waals surface area contributed by atoms with Gasteiger partial charge in [0.2, 0.25) is 0 Å². The molecule has 0 aliphatic carbocycles. The third kappa shape index (κ3) is 3.13. The molecule has 2 aliphatic rings. The molecular formula is C20H21N3O3S. The number of carbonyl (C=O) groups excluding carboxylic acids is 2. The molecule has 2 aromatic rings. The summed E-state index contributed by atoms with van der Waals surface area (Å²) in [5, 5.41) is 1.92. The third-order valence-electron chi connectivity index (χ3n) is 4.78. The Kier molecular flexibility index (Phi) is 4.72.